The number of carbonyl (C=O) groups excluding carboxylic acids is 1. The first-order chi connectivity index (χ1) is 13.9. The van der Waals surface area contributed by atoms with Crippen LogP contribution in [-0.2, 0) is 4.74 Å². The molecule has 1 aliphatic rings. The number of hydrogen-bond donors (Lipinski definition) is 0. The quantitative estimate of drug-likeness (QED) is 0.593. The molecule has 156 valence electrons. The number of hydrogen-bond acceptors (Lipinski definition) is 4. The molecule has 1 atom stereocenters. The summed E-state index contributed by atoms with van der Waals surface area (Å²) in [5, 5.41) is 0. The summed E-state index contributed by atoms with van der Waals surface area (Å²) in [5.74, 6) is 0.668. The molecule has 0 N–H and O–H groups in total. The number of amides is 1. The molecule has 0 bridgehead atoms. The number of rotatable bonds is 6. The topological polar surface area (TPSA) is 45.7 Å². The lowest BCUT2D eigenvalue weighted by molar-refractivity contribution is 0.0597. The predicted octanol–water partition coefficient (Wildman–Crippen LogP) is 6.09. The second kappa shape index (κ2) is 9.40. The van der Waals surface area contributed by atoms with E-state index >= 15 is 0 Å². The molecule has 0 saturated carbocycles. The number of carbonyl (C=O) groups is 1. The summed E-state index contributed by atoms with van der Waals surface area (Å²) in [7, 11) is 0. The molecule has 2 aromatic rings. The Hall–Kier alpha value is -2.40. The number of nitrogens with zero attached hydrogens (tertiary/aromatic N) is 3. The molecule has 1 amide bonds. The van der Waals surface area contributed by atoms with Crippen molar-refractivity contribution >= 4 is 17.6 Å². The van der Waals surface area contributed by atoms with Gasteiger partial charge in [-0.2, -0.15) is 0 Å². The fourth-order valence-electron chi connectivity index (χ4n) is 3.86. The van der Waals surface area contributed by atoms with Gasteiger partial charge in [0.1, 0.15) is 11.4 Å². The van der Waals surface area contributed by atoms with E-state index in [-0.39, 0.29) is 6.04 Å². The van der Waals surface area contributed by atoms with Crippen LogP contribution in [0.25, 0.3) is 0 Å². The number of para-hydroxylation sites is 1. The highest BCUT2D eigenvalue weighted by molar-refractivity contribution is 5.96. The number of unbranched alkanes of at least 4 members (excludes halogenated alkanes) is 1. The van der Waals surface area contributed by atoms with Gasteiger partial charge in [0.2, 0.25) is 0 Å². The third kappa shape index (κ3) is 5.36. The Kier molecular flexibility index (Phi) is 6.91. The Bertz CT molecular complexity index is 801. The Morgan fingerprint density at radius 2 is 1.97 bits per heavy atom. The van der Waals surface area contributed by atoms with Gasteiger partial charge >= 0.3 is 6.09 Å². The van der Waals surface area contributed by atoms with Gasteiger partial charge in [-0.1, -0.05) is 37.6 Å². The second-order valence-corrected chi connectivity index (χ2v) is 8.62. The predicted molar refractivity (Wildman–Crippen MR) is 118 cm³/mol. The maximum absolute atomic E-state index is 13.2. The molecule has 0 radical (unpaired) electrons. The molecule has 3 rings (SSSR count). The van der Waals surface area contributed by atoms with Crippen molar-refractivity contribution in [3.63, 3.8) is 0 Å². The van der Waals surface area contributed by atoms with Gasteiger partial charge in [0, 0.05) is 17.8 Å². The number of anilines is 2. The summed E-state index contributed by atoms with van der Waals surface area (Å²) in [6, 6.07) is 14.0. The van der Waals surface area contributed by atoms with Crippen LogP contribution in [0.15, 0.2) is 48.7 Å². The van der Waals surface area contributed by atoms with Crippen molar-refractivity contribution in [1.82, 2.24) is 9.88 Å². The summed E-state index contributed by atoms with van der Waals surface area (Å²) in [4.78, 5) is 22.0. The minimum atomic E-state index is -0.584. The van der Waals surface area contributed by atoms with E-state index in [0.29, 0.717) is 5.82 Å². The molecule has 0 aliphatic carbocycles. The van der Waals surface area contributed by atoms with Crippen LogP contribution in [0.1, 0.15) is 65.0 Å². The standard InChI is InChI=1S/C24H33N3O2/c1-5-6-17-26-18-11-15-21(26)20-14-10-16-25-22(20)27(19-12-8-7-9-13-19)23(28)29-24(2,3)4/h7-10,12-14,16,21H,5-6,11,15,17-18H2,1-4H3. The Balaban J connectivity index is 2.02. The lowest BCUT2D eigenvalue weighted by Crippen LogP contribution is -2.35. The highest BCUT2D eigenvalue weighted by atomic mass is 16.6. The van der Waals surface area contributed by atoms with Crippen molar-refractivity contribution in [3.8, 4) is 0 Å². The molecule has 29 heavy (non-hydrogen) atoms. The van der Waals surface area contributed by atoms with Crippen LogP contribution in [0.5, 0.6) is 0 Å². The van der Waals surface area contributed by atoms with E-state index in [2.05, 4.69) is 22.9 Å². The average Bonchev–Trinajstić information content (AvgIpc) is 3.15. The van der Waals surface area contributed by atoms with E-state index in [1.807, 2.05) is 57.2 Å². The van der Waals surface area contributed by atoms with E-state index in [9.17, 15) is 4.79 Å². The molecule has 1 unspecified atom stereocenters. The number of benzene rings is 1. The molecular weight excluding hydrogens is 362 g/mol. The van der Waals surface area contributed by atoms with E-state index in [1.54, 1.807) is 11.1 Å². The Labute approximate surface area is 174 Å². The largest absolute Gasteiger partial charge is 0.443 e. The summed E-state index contributed by atoms with van der Waals surface area (Å²) in [6.45, 7) is 10.1. The molecule has 1 fully saturated rings. The number of pyridine rings is 1. The van der Waals surface area contributed by atoms with Gasteiger partial charge in [0.25, 0.3) is 0 Å². The van der Waals surface area contributed by atoms with Crippen LogP contribution in [0.4, 0.5) is 16.3 Å². The van der Waals surface area contributed by atoms with Gasteiger partial charge in [-0.05, 0) is 71.3 Å². The summed E-state index contributed by atoms with van der Waals surface area (Å²) >= 11 is 0. The molecule has 5 nitrogen and oxygen atoms in total. The van der Waals surface area contributed by atoms with Crippen molar-refractivity contribution in [2.45, 2.75) is 65.0 Å². The van der Waals surface area contributed by atoms with Crippen molar-refractivity contribution in [1.29, 1.82) is 0 Å². The third-order valence-electron chi connectivity index (χ3n) is 5.14. The van der Waals surface area contributed by atoms with Crippen molar-refractivity contribution < 1.29 is 9.53 Å². The molecule has 1 aromatic carbocycles. The van der Waals surface area contributed by atoms with E-state index in [0.717, 1.165) is 30.8 Å². The highest BCUT2D eigenvalue weighted by Crippen LogP contribution is 2.39. The molecule has 1 saturated heterocycles. The summed E-state index contributed by atoms with van der Waals surface area (Å²) < 4.78 is 5.75. The lowest BCUT2D eigenvalue weighted by Gasteiger charge is -2.31. The van der Waals surface area contributed by atoms with Gasteiger partial charge < -0.3 is 4.74 Å². The zero-order chi connectivity index (χ0) is 20.9. The smallest absolute Gasteiger partial charge is 0.420 e. The molecule has 0 spiro atoms. The fourth-order valence-corrected chi connectivity index (χ4v) is 3.86. The number of aromatic nitrogens is 1. The fraction of sp³-hybridized carbons (Fsp3) is 0.500. The van der Waals surface area contributed by atoms with Crippen LogP contribution in [0, 0.1) is 0 Å². The molecule has 5 heteroatoms. The normalized spacial score (nSPS) is 17.3. The highest BCUT2D eigenvalue weighted by Gasteiger charge is 2.33. The van der Waals surface area contributed by atoms with Gasteiger partial charge in [0.15, 0.2) is 0 Å². The minimum Gasteiger partial charge on any atom is -0.443 e. The Morgan fingerprint density at radius 3 is 2.66 bits per heavy atom. The van der Waals surface area contributed by atoms with Gasteiger partial charge in [-0.15, -0.1) is 0 Å². The zero-order valence-corrected chi connectivity index (χ0v) is 18.1. The van der Waals surface area contributed by atoms with Crippen molar-refractivity contribution in [3.05, 3.63) is 54.2 Å². The molecule has 1 aromatic heterocycles. The van der Waals surface area contributed by atoms with Crippen molar-refractivity contribution in [2.24, 2.45) is 0 Å². The maximum atomic E-state index is 13.2. The zero-order valence-electron chi connectivity index (χ0n) is 18.1. The third-order valence-corrected chi connectivity index (χ3v) is 5.14. The average molecular weight is 396 g/mol. The molecular formula is C24H33N3O2. The summed E-state index contributed by atoms with van der Waals surface area (Å²) in [5.41, 5.74) is 1.27. The lowest BCUT2D eigenvalue weighted by atomic mass is 10.0. The van der Waals surface area contributed by atoms with Gasteiger partial charge in [0.05, 0.1) is 5.69 Å². The van der Waals surface area contributed by atoms with Gasteiger partial charge in [-0.3, -0.25) is 4.90 Å². The second-order valence-electron chi connectivity index (χ2n) is 8.62. The van der Waals surface area contributed by atoms with E-state index in [4.69, 9.17) is 4.74 Å². The number of likely N-dealkylation sites (tertiary alicyclic amines) is 1. The van der Waals surface area contributed by atoms with Crippen molar-refractivity contribution in [2.75, 3.05) is 18.0 Å². The first-order valence-electron chi connectivity index (χ1n) is 10.7. The van der Waals surface area contributed by atoms with E-state index in [1.165, 1.54) is 19.3 Å². The monoisotopic (exact) mass is 395 g/mol. The van der Waals surface area contributed by atoms with Crippen LogP contribution in [-0.4, -0.2) is 34.7 Å². The van der Waals surface area contributed by atoms with Crippen LogP contribution < -0.4 is 4.90 Å². The van der Waals surface area contributed by atoms with Crippen LogP contribution >= 0.6 is 0 Å². The summed E-state index contributed by atoms with van der Waals surface area (Å²) in [6.07, 6.45) is 5.96. The van der Waals surface area contributed by atoms with Crippen LogP contribution in [0.3, 0.4) is 0 Å². The first kappa shape index (κ1) is 21.3. The minimum absolute atomic E-state index is 0.277. The Morgan fingerprint density at radius 1 is 1.21 bits per heavy atom. The number of ether oxygens (including phenoxy) is 1. The maximum Gasteiger partial charge on any atom is 0.420 e. The SMILES string of the molecule is CCCCN1CCCC1c1cccnc1N(C(=O)OC(C)(C)C)c1ccccc1. The van der Waals surface area contributed by atoms with Crippen LogP contribution in [0.2, 0.25) is 0 Å². The first-order valence-corrected chi connectivity index (χ1v) is 10.7. The molecule has 2 heterocycles. The van der Waals surface area contributed by atoms with Gasteiger partial charge in [-0.25, -0.2) is 14.7 Å². The molecule has 1 aliphatic heterocycles. The van der Waals surface area contributed by atoms with E-state index < -0.39 is 11.7 Å².